The number of ether oxygens (including phenoxy) is 1. The Bertz CT molecular complexity index is 1190. The Kier molecular flexibility index (Phi) is 6.46. The lowest BCUT2D eigenvalue weighted by atomic mass is 9.75. The van der Waals surface area contributed by atoms with Gasteiger partial charge in [0.05, 0.1) is 10.9 Å². The molecule has 4 rings (SSSR count). The van der Waals surface area contributed by atoms with Crippen LogP contribution < -0.4 is 10.5 Å². The van der Waals surface area contributed by atoms with E-state index in [1.807, 2.05) is 25.1 Å². The van der Waals surface area contributed by atoms with Gasteiger partial charge >= 0.3 is 0 Å². The molecule has 0 aliphatic heterocycles. The third-order valence-electron chi connectivity index (χ3n) is 5.73. The highest BCUT2D eigenvalue weighted by Gasteiger charge is 2.30. The molecule has 0 saturated carbocycles. The van der Waals surface area contributed by atoms with Crippen LogP contribution in [0.15, 0.2) is 60.7 Å². The van der Waals surface area contributed by atoms with E-state index in [0.717, 1.165) is 11.1 Å². The third-order valence-corrected chi connectivity index (χ3v) is 5.73. The van der Waals surface area contributed by atoms with E-state index in [9.17, 15) is 13.2 Å². The normalized spacial score (nSPS) is 13.3. The number of hydrogen-bond donors (Lipinski definition) is 2. The molecule has 166 valence electrons. The molecule has 1 aromatic heterocycles. The van der Waals surface area contributed by atoms with Crippen molar-refractivity contribution in [2.24, 2.45) is 5.73 Å². The molecule has 32 heavy (non-hydrogen) atoms. The van der Waals surface area contributed by atoms with Crippen molar-refractivity contribution in [2.75, 3.05) is 13.2 Å². The second-order valence-electron chi connectivity index (χ2n) is 7.65. The zero-order chi connectivity index (χ0) is 22.7. The minimum absolute atomic E-state index is 0.0243. The molecular weight excluding hydrogens is 415 g/mol. The van der Waals surface area contributed by atoms with Crippen LogP contribution in [0.2, 0.25) is 0 Å². The SMILES string of the molecule is CCC(c1c(F)cccc1F)C(c1ccc(OCCN)cc1)c1ccc2n[nH]c(F)c2c1. The standard InChI is InChI=1S/C25H24F3N3O/c1-2-18(24-20(26)4-3-5-21(24)27)23(15-6-9-17(10-7-15)32-13-12-29)16-8-11-22-19(14-16)25(28)31-30-22/h3-11,14,18,23H,2,12-13,29H2,1H3,(H,30,31). The Morgan fingerprint density at radius 3 is 2.31 bits per heavy atom. The number of nitrogens with zero attached hydrogens (tertiary/aromatic N) is 1. The number of fused-ring (bicyclic) bond motifs is 1. The van der Waals surface area contributed by atoms with Gasteiger partial charge in [-0.15, -0.1) is 0 Å². The quantitative estimate of drug-likeness (QED) is 0.373. The summed E-state index contributed by atoms with van der Waals surface area (Å²) in [6, 6.07) is 16.5. The van der Waals surface area contributed by atoms with Gasteiger partial charge in [-0.25, -0.2) is 8.78 Å². The van der Waals surface area contributed by atoms with Crippen LogP contribution in [-0.2, 0) is 0 Å². The number of rotatable bonds is 8. The first-order valence-corrected chi connectivity index (χ1v) is 10.5. The van der Waals surface area contributed by atoms with E-state index >= 15 is 0 Å². The zero-order valence-corrected chi connectivity index (χ0v) is 17.6. The first-order chi connectivity index (χ1) is 15.5. The fourth-order valence-corrected chi connectivity index (χ4v) is 4.27. The van der Waals surface area contributed by atoms with Crippen LogP contribution in [0.5, 0.6) is 5.75 Å². The molecule has 3 N–H and O–H groups in total. The molecule has 3 aromatic carbocycles. The molecule has 7 heteroatoms. The van der Waals surface area contributed by atoms with Crippen molar-refractivity contribution in [2.45, 2.75) is 25.2 Å². The third kappa shape index (κ3) is 4.21. The summed E-state index contributed by atoms with van der Waals surface area (Å²) in [5.41, 5.74) is 7.58. The number of nitrogens with one attached hydrogen (secondary N) is 1. The van der Waals surface area contributed by atoms with E-state index in [4.69, 9.17) is 10.5 Å². The molecule has 0 fully saturated rings. The van der Waals surface area contributed by atoms with Crippen molar-refractivity contribution in [1.82, 2.24) is 10.2 Å². The molecule has 0 spiro atoms. The van der Waals surface area contributed by atoms with Crippen LogP contribution in [0.25, 0.3) is 10.9 Å². The molecule has 0 aliphatic rings. The van der Waals surface area contributed by atoms with Gasteiger partial charge in [-0.2, -0.15) is 9.49 Å². The highest BCUT2D eigenvalue weighted by Crippen LogP contribution is 2.43. The average molecular weight is 439 g/mol. The molecule has 0 aliphatic carbocycles. The van der Waals surface area contributed by atoms with Gasteiger partial charge in [-0.05, 0) is 53.9 Å². The van der Waals surface area contributed by atoms with Crippen molar-refractivity contribution in [3.63, 3.8) is 0 Å². The Balaban J connectivity index is 1.86. The summed E-state index contributed by atoms with van der Waals surface area (Å²) < 4.78 is 49.4. The molecule has 2 unspecified atom stereocenters. The number of aromatic nitrogens is 2. The van der Waals surface area contributed by atoms with Crippen LogP contribution >= 0.6 is 0 Å². The van der Waals surface area contributed by atoms with Gasteiger partial charge in [-0.1, -0.05) is 31.2 Å². The van der Waals surface area contributed by atoms with Gasteiger partial charge in [0, 0.05) is 23.9 Å². The maximum absolute atomic E-state index is 14.8. The second-order valence-corrected chi connectivity index (χ2v) is 7.65. The van der Waals surface area contributed by atoms with Gasteiger partial charge in [0.25, 0.3) is 0 Å². The maximum atomic E-state index is 14.8. The molecule has 0 bridgehead atoms. The van der Waals surface area contributed by atoms with Crippen molar-refractivity contribution >= 4 is 10.9 Å². The van der Waals surface area contributed by atoms with E-state index in [0.29, 0.717) is 36.2 Å². The predicted molar refractivity (Wildman–Crippen MR) is 118 cm³/mol. The van der Waals surface area contributed by atoms with Gasteiger partial charge in [0.2, 0.25) is 5.95 Å². The van der Waals surface area contributed by atoms with Crippen LogP contribution in [0.3, 0.4) is 0 Å². The van der Waals surface area contributed by atoms with Crippen molar-refractivity contribution in [3.05, 3.63) is 94.9 Å². The molecule has 0 radical (unpaired) electrons. The minimum atomic E-state index is -0.597. The van der Waals surface area contributed by atoms with E-state index in [1.54, 1.807) is 24.3 Å². The molecule has 1 heterocycles. The predicted octanol–water partition coefficient (Wildman–Crippen LogP) is 5.64. The van der Waals surface area contributed by atoms with Gasteiger partial charge in [0.15, 0.2) is 0 Å². The van der Waals surface area contributed by atoms with Crippen LogP contribution in [0, 0.1) is 17.6 Å². The molecule has 0 saturated heterocycles. The largest absolute Gasteiger partial charge is 0.492 e. The fourth-order valence-electron chi connectivity index (χ4n) is 4.27. The lowest BCUT2D eigenvalue weighted by molar-refractivity contribution is 0.328. The highest BCUT2D eigenvalue weighted by molar-refractivity contribution is 5.79. The Hall–Kier alpha value is -3.32. The van der Waals surface area contributed by atoms with Crippen molar-refractivity contribution in [1.29, 1.82) is 0 Å². The Labute approximate surface area is 184 Å². The van der Waals surface area contributed by atoms with Crippen LogP contribution in [0.4, 0.5) is 13.2 Å². The molecule has 4 nitrogen and oxygen atoms in total. The summed E-state index contributed by atoms with van der Waals surface area (Å²) in [5.74, 6) is -2.02. The number of hydrogen-bond acceptors (Lipinski definition) is 3. The number of nitrogens with two attached hydrogens (primary N) is 1. The summed E-state index contributed by atoms with van der Waals surface area (Å²) in [6.07, 6.45) is 0.472. The lowest BCUT2D eigenvalue weighted by Gasteiger charge is -2.28. The average Bonchev–Trinajstić information content (AvgIpc) is 3.17. The van der Waals surface area contributed by atoms with E-state index in [1.165, 1.54) is 18.2 Å². The monoisotopic (exact) mass is 439 g/mol. The summed E-state index contributed by atoms with van der Waals surface area (Å²) >= 11 is 0. The van der Waals surface area contributed by atoms with Crippen LogP contribution in [-0.4, -0.2) is 23.3 Å². The lowest BCUT2D eigenvalue weighted by Crippen LogP contribution is -2.16. The number of H-pyrrole nitrogens is 1. The Morgan fingerprint density at radius 1 is 0.969 bits per heavy atom. The second kappa shape index (κ2) is 9.44. The van der Waals surface area contributed by atoms with Gasteiger partial charge in [-0.3, -0.25) is 5.10 Å². The fraction of sp³-hybridized carbons (Fsp3) is 0.240. The maximum Gasteiger partial charge on any atom is 0.216 e. The van der Waals surface area contributed by atoms with E-state index in [2.05, 4.69) is 10.2 Å². The van der Waals surface area contributed by atoms with Gasteiger partial charge in [0.1, 0.15) is 24.0 Å². The first-order valence-electron chi connectivity index (χ1n) is 10.5. The van der Waals surface area contributed by atoms with Gasteiger partial charge < -0.3 is 10.5 Å². The number of aromatic amines is 1. The molecule has 2 atom stereocenters. The summed E-state index contributed by atoms with van der Waals surface area (Å²) in [6.45, 7) is 2.67. The summed E-state index contributed by atoms with van der Waals surface area (Å²) in [5, 5.41) is 6.61. The van der Waals surface area contributed by atoms with Crippen LogP contribution in [0.1, 0.15) is 41.9 Å². The highest BCUT2D eigenvalue weighted by atomic mass is 19.1. The van der Waals surface area contributed by atoms with E-state index in [-0.39, 0.29) is 5.56 Å². The van der Waals surface area contributed by atoms with Crippen molar-refractivity contribution < 1.29 is 17.9 Å². The molecule has 4 aromatic rings. The first kappa shape index (κ1) is 21.9. The number of halogens is 3. The minimum Gasteiger partial charge on any atom is -0.492 e. The molecular formula is C25H24F3N3O. The smallest absolute Gasteiger partial charge is 0.216 e. The molecule has 0 amide bonds. The van der Waals surface area contributed by atoms with E-state index < -0.39 is 29.4 Å². The summed E-state index contributed by atoms with van der Waals surface area (Å²) in [7, 11) is 0. The number of benzene rings is 3. The Morgan fingerprint density at radius 2 is 1.66 bits per heavy atom. The van der Waals surface area contributed by atoms with Crippen molar-refractivity contribution in [3.8, 4) is 5.75 Å². The topological polar surface area (TPSA) is 63.9 Å². The summed E-state index contributed by atoms with van der Waals surface area (Å²) in [4.78, 5) is 0. The zero-order valence-electron chi connectivity index (χ0n) is 17.6.